The molecule has 3 heterocycles. The molecular formula is C32H41ClN10O6. The van der Waals surface area contributed by atoms with E-state index in [0.717, 1.165) is 39.1 Å². The molecule has 0 spiro atoms. The number of urea groups is 1. The van der Waals surface area contributed by atoms with Gasteiger partial charge in [-0.2, -0.15) is 4.68 Å². The van der Waals surface area contributed by atoms with Gasteiger partial charge in [-0.3, -0.25) is 24.1 Å². The number of halogens is 1. The first-order chi connectivity index (χ1) is 23.4. The average molecular weight is 697 g/mol. The molecule has 5 amide bonds. The van der Waals surface area contributed by atoms with Crippen LogP contribution in [-0.4, -0.2) is 111 Å². The third kappa shape index (κ3) is 10.2. The minimum atomic E-state index is -1.19. The SMILES string of the molecule is CC(C)(C)ONC(=O)[C@H](Cc1ccc(NC(=O)N2CCC(N3CCOCC3)CC2)cc1)NC(=O)C(=O)Nc1cc(Cl)ccc1-n1cnnn1. The summed E-state index contributed by atoms with van der Waals surface area (Å²) in [6.07, 6.45) is 3.17. The molecule has 2 aliphatic rings. The van der Waals surface area contributed by atoms with Crippen LogP contribution in [0.15, 0.2) is 48.8 Å². The molecule has 2 aliphatic heterocycles. The number of hydrogen-bond acceptors (Lipinski definition) is 10. The second-order valence-electron chi connectivity index (χ2n) is 12.8. The monoisotopic (exact) mass is 696 g/mol. The van der Waals surface area contributed by atoms with Gasteiger partial charge < -0.3 is 25.6 Å². The summed E-state index contributed by atoms with van der Waals surface area (Å²) in [5.74, 6) is -2.77. The third-order valence-electron chi connectivity index (χ3n) is 8.05. The molecular weight excluding hydrogens is 656 g/mol. The minimum Gasteiger partial charge on any atom is -0.379 e. The molecule has 2 saturated heterocycles. The average Bonchev–Trinajstić information content (AvgIpc) is 3.63. The Kier molecular flexibility index (Phi) is 11.8. The Bertz CT molecular complexity index is 1600. The Morgan fingerprint density at radius 2 is 1.69 bits per heavy atom. The fourth-order valence-electron chi connectivity index (χ4n) is 5.51. The summed E-state index contributed by atoms with van der Waals surface area (Å²) in [7, 11) is 0. The Hall–Kier alpha value is -4.64. The fourth-order valence-corrected chi connectivity index (χ4v) is 5.68. The summed E-state index contributed by atoms with van der Waals surface area (Å²) in [5, 5.41) is 19.3. The number of carbonyl (C=O) groups is 4. The smallest absolute Gasteiger partial charge is 0.321 e. The maximum absolute atomic E-state index is 13.2. The molecule has 0 bridgehead atoms. The summed E-state index contributed by atoms with van der Waals surface area (Å²) in [6, 6.07) is 10.6. The lowest BCUT2D eigenvalue weighted by Gasteiger charge is -2.40. The van der Waals surface area contributed by atoms with E-state index in [-0.39, 0.29) is 18.1 Å². The maximum atomic E-state index is 13.2. The molecule has 2 aromatic carbocycles. The lowest BCUT2D eigenvalue weighted by atomic mass is 10.0. The Morgan fingerprint density at radius 3 is 2.35 bits per heavy atom. The zero-order valence-electron chi connectivity index (χ0n) is 27.6. The van der Waals surface area contributed by atoms with Crippen LogP contribution in [-0.2, 0) is 30.4 Å². The van der Waals surface area contributed by atoms with E-state index >= 15 is 0 Å². The number of ether oxygens (including phenoxy) is 1. The highest BCUT2D eigenvalue weighted by atomic mass is 35.5. The maximum Gasteiger partial charge on any atom is 0.321 e. The van der Waals surface area contributed by atoms with E-state index in [1.807, 2.05) is 4.90 Å². The number of hydrogen-bond donors (Lipinski definition) is 4. The van der Waals surface area contributed by atoms with Crippen molar-refractivity contribution in [2.45, 2.75) is 57.7 Å². The second kappa shape index (κ2) is 16.2. The summed E-state index contributed by atoms with van der Waals surface area (Å²) in [4.78, 5) is 62.0. The van der Waals surface area contributed by atoms with Gasteiger partial charge in [0, 0.05) is 49.4 Å². The number of nitrogens with zero attached hydrogens (tertiary/aromatic N) is 6. The predicted octanol–water partition coefficient (Wildman–Crippen LogP) is 2.16. The van der Waals surface area contributed by atoms with E-state index in [0.29, 0.717) is 41.1 Å². The van der Waals surface area contributed by atoms with Crippen molar-refractivity contribution in [3.8, 4) is 5.69 Å². The zero-order valence-corrected chi connectivity index (χ0v) is 28.4. The van der Waals surface area contributed by atoms with Gasteiger partial charge in [-0.15, -0.1) is 5.10 Å². The van der Waals surface area contributed by atoms with Crippen molar-refractivity contribution < 1.29 is 28.8 Å². The van der Waals surface area contributed by atoms with Crippen LogP contribution in [0.4, 0.5) is 16.2 Å². The number of rotatable bonds is 9. The van der Waals surface area contributed by atoms with Crippen molar-refractivity contribution in [3.63, 3.8) is 0 Å². The van der Waals surface area contributed by atoms with E-state index in [1.165, 1.54) is 17.1 Å². The van der Waals surface area contributed by atoms with Crippen LogP contribution in [0.5, 0.6) is 0 Å². The first kappa shape index (κ1) is 35.7. The first-order valence-electron chi connectivity index (χ1n) is 16.0. The van der Waals surface area contributed by atoms with Crippen LogP contribution in [0.25, 0.3) is 5.69 Å². The third-order valence-corrected chi connectivity index (χ3v) is 8.28. The second-order valence-corrected chi connectivity index (χ2v) is 13.2. The molecule has 0 unspecified atom stereocenters. The summed E-state index contributed by atoms with van der Waals surface area (Å²) in [5.41, 5.74) is 3.46. The topological polar surface area (TPSA) is 185 Å². The number of tetrazole rings is 1. The van der Waals surface area contributed by atoms with E-state index in [2.05, 4.69) is 41.9 Å². The molecule has 3 aromatic rings. The summed E-state index contributed by atoms with van der Waals surface area (Å²) >= 11 is 6.13. The van der Waals surface area contributed by atoms with Gasteiger partial charge in [-0.1, -0.05) is 23.7 Å². The predicted molar refractivity (Wildman–Crippen MR) is 180 cm³/mol. The normalized spacial score (nSPS) is 16.4. The van der Waals surface area contributed by atoms with Crippen LogP contribution in [0.2, 0.25) is 5.02 Å². The standard InChI is InChI=1S/C32H41ClN10O6/c1-32(2,3)49-38-28(44)26(37-30(46)29(45)36-25-19-22(33)6-9-27(25)43-20-34-39-40-43)18-21-4-7-23(8-5-21)35-31(47)42-12-10-24(11-13-42)41-14-16-48-17-15-41/h4-9,19-20,24,26H,10-18H2,1-3H3,(H,35,47)(H,36,45)(H,37,46)(H,38,44)/t26-/m0/s1. The van der Waals surface area contributed by atoms with Crippen molar-refractivity contribution in [2.75, 3.05) is 50.0 Å². The molecule has 5 rings (SSSR count). The van der Waals surface area contributed by atoms with Gasteiger partial charge in [0.25, 0.3) is 5.91 Å². The van der Waals surface area contributed by atoms with Crippen LogP contribution in [0.3, 0.4) is 0 Å². The highest BCUT2D eigenvalue weighted by Gasteiger charge is 2.29. The molecule has 1 aromatic heterocycles. The van der Waals surface area contributed by atoms with Crippen LogP contribution < -0.4 is 21.4 Å². The number of piperidine rings is 1. The molecule has 0 saturated carbocycles. The van der Waals surface area contributed by atoms with Crippen LogP contribution in [0, 0.1) is 0 Å². The first-order valence-corrected chi connectivity index (χ1v) is 16.4. The molecule has 2 fully saturated rings. The number of morpholine rings is 1. The van der Waals surface area contributed by atoms with Gasteiger partial charge in [0.2, 0.25) is 0 Å². The summed E-state index contributed by atoms with van der Waals surface area (Å²) < 4.78 is 6.75. The number of nitrogens with one attached hydrogen (secondary N) is 4. The minimum absolute atomic E-state index is 0.0225. The van der Waals surface area contributed by atoms with E-state index in [9.17, 15) is 19.2 Å². The Balaban J connectivity index is 1.19. The van der Waals surface area contributed by atoms with Gasteiger partial charge in [0.05, 0.1) is 30.2 Å². The fraction of sp³-hybridized carbons (Fsp3) is 0.469. The molecule has 0 radical (unpaired) electrons. The van der Waals surface area contributed by atoms with Gasteiger partial charge in [-0.25, -0.2) is 10.3 Å². The van der Waals surface area contributed by atoms with Crippen molar-refractivity contribution >= 4 is 46.7 Å². The number of carbonyl (C=O) groups excluding carboxylic acids is 4. The molecule has 17 heteroatoms. The highest BCUT2D eigenvalue weighted by molar-refractivity contribution is 6.40. The van der Waals surface area contributed by atoms with E-state index in [4.69, 9.17) is 21.2 Å². The number of hydroxylamine groups is 1. The number of aromatic nitrogens is 4. The van der Waals surface area contributed by atoms with Gasteiger partial charge >= 0.3 is 17.8 Å². The van der Waals surface area contributed by atoms with E-state index < -0.39 is 29.4 Å². The molecule has 0 aliphatic carbocycles. The zero-order chi connectivity index (χ0) is 35.0. The van der Waals surface area contributed by atoms with Gasteiger partial charge in [0.1, 0.15) is 12.4 Å². The van der Waals surface area contributed by atoms with Crippen molar-refractivity contribution in [1.82, 2.24) is 40.8 Å². The number of amides is 5. The molecule has 4 N–H and O–H groups in total. The molecule has 262 valence electrons. The lowest BCUT2D eigenvalue weighted by Crippen LogP contribution is -2.52. The molecule has 16 nitrogen and oxygen atoms in total. The van der Waals surface area contributed by atoms with Crippen LogP contribution in [0.1, 0.15) is 39.2 Å². The van der Waals surface area contributed by atoms with Gasteiger partial charge in [0.15, 0.2) is 0 Å². The van der Waals surface area contributed by atoms with Crippen molar-refractivity contribution in [2.24, 2.45) is 0 Å². The lowest BCUT2D eigenvalue weighted by molar-refractivity contribution is -0.149. The Morgan fingerprint density at radius 1 is 0.980 bits per heavy atom. The summed E-state index contributed by atoms with van der Waals surface area (Å²) in [6.45, 7) is 9.96. The van der Waals surface area contributed by atoms with Crippen molar-refractivity contribution in [3.05, 3.63) is 59.4 Å². The highest BCUT2D eigenvalue weighted by Crippen LogP contribution is 2.24. The molecule has 49 heavy (non-hydrogen) atoms. The van der Waals surface area contributed by atoms with E-state index in [1.54, 1.807) is 57.2 Å². The van der Waals surface area contributed by atoms with Gasteiger partial charge in [-0.05, 0) is 79.9 Å². The quantitative estimate of drug-likeness (QED) is 0.191. The Labute approximate surface area is 288 Å². The number of benzene rings is 2. The van der Waals surface area contributed by atoms with Crippen molar-refractivity contribution in [1.29, 1.82) is 0 Å². The van der Waals surface area contributed by atoms with Crippen LogP contribution >= 0.6 is 11.6 Å². The number of anilines is 2. The molecule has 1 atom stereocenters. The number of likely N-dealkylation sites (tertiary alicyclic amines) is 1. The largest absolute Gasteiger partial charge is 0.379 e.